The Morgan fingerprint density at radius 3 is 2.77 bits per heavy atom. The number of hydrogen-bond acceptors (Lipinski definition) is 5. The van der Waals surface area contributed by atoms with Crippen LogP contribution in [0.5, 0.6) is 11.5 Å². The van der Waals surface area contributed by atoms with Gasteiger partial charge in [-0.05, 0) is 18.2 Å². The fourth-order valence-electron chi connectivity index (χ4n) is 2.25. The smallest absolute Gasteiger partial charge is 0.355 e. The van der Waals surface area contributed by atoms with Gasteiger partial charge in [-0.2, -0.15) is 0 Å². The second-order valence-corrected chi connectivity index (χ2v) is 6.48. The van der Waals surface area contributed by atoms with Crippen LogP contribution < -0.4 is 9.47 Å². The van der Waals surface area contributed by atoms with Gasteiger partial charge < -0.3 is 14.6 Å². The van der Waals surface area contributed by atoms with Gasteiger partial charge in [0.25, 0.3) is 0 Å². The van der Waals surface area contributed by atoms with Crippen molar-refractivity contribution in [2.24, 2.45) is 0 Å². The molecule has 3 rings (SSSR count). The van der Waals surface area contributed by atoms with Crippen LogP contribution in [0, 0.1) is 5.82 Å². The van der Waals surface area contributed by atoms with Crippen LogP contribution in [-0.4, -0.2) is 23.2 Å². The van der Waals surface area contributed by atoms with Crippen LogP contribution in [0.25, 0.3) is 10.6 Å². The largest absolute Gasteiger partial charge is 0.493 e. The van der Waals surface area contributed by atoms with E-state index in [0.717, 1.165) is 0 Å². The van der Waals surface area contributed by atoms with Crippen LogP contribution in [0.4, 0.5) is 4.39 Å². The number of carboxylic acid groups (broad SMARTS) is 1. The van der Waals surface area contributed by atoms with E-state index in [9.17, 15) is 9.18 Å². The Labute approximate surface area is 157 Å². The number of halogens is 2. The molecule has 0 aliphatic rings. The molecule has 0 aliphatic carbocycles. The predicted octanol–water partition coefficient (Wildman–Crippen LogP) is 4.89. The number of methoxy groups -OCH3 is 1. The fraction of sp³-hybridized carbons (Fsp3) is 0.111. The number of aromatic carboxylic acids is 1. The molecule has 3 aromatic rings. The number of benzene rings is 2. The summed E-state index contributed by atoms with van der Waals surface area (Å²) in [5, 5.41) is 11.2. The highest BCUT2D eigenvalue weighted by atomic mass is 35.5. The first-order valence-corrected chi connectivity index (χ1v) is 8.68. The minimum Gasteiger partial charge on any atom is -0.493 e. The number of hydrogen-bond donors (Lipinski definition) is 1. The summed E-state index contributed by atoms with van der Waals surface area (Å²) in [5.41, 5.74) is 0.947. The average molecular weight is 394 g/mol. The number of carboxylic acids is 1. The highest BCUT2D eigenvalue weighted by Gasteiger charge is 2.17. The summed E-state index contributed by atoms with van der Waals surface area (Å²) in [5.74, 6) is -0.856. The third-order valence-electron chi connectivity index (χ3n) is 3.53. The van der Waals surface area contributed by atoms with Crippen molar-refractivity contribution in [1.29, 1.82) is 0 Å². The van der Waals surface area contributed by atoms with Crippen molar-refractivity contribution < 1.29 is 23.8 Å². The molecule has 26 heavy (non-hydrogen) atoms. The molecule has 0 fully saturated rings. The van der Waals surface area contributed by atoms with Gasteiger partial charge in [0.2, 0.25) is 0 Å². The molecule has 134 valence electrons. The van der Waals surface area contributed by atoms with E-state index in [1.54, 1.807) is 30.3 Å². The van der Waals surface area contributed by atoms with Crippen LogP contribution >= 0.6 is 22.9 Å². The number of ether oxygens (including phenoxy) is 2. The number of aromatic nitrogens is 1. The molecule has 0 saturated carbocycles. The van der Waals surface area contributed by atoms with Crippen LogP contribution in [0.3, 0.4) is 0 Å². The first kappa shape index (κ1) is 18.2. The lowest BCUT2D eigenvalue weighted by Crippen LogP contribution is -2.01. The fourth-order valence-corrected chi connectivity index (χ4v) is 3.30. The van der Waals surface area contributed by atoms with Gasteiger partial charge in [-0.25, -0.2) is 14.2 Å². The summed E-state index contributed by atoms with van der Waals surface area (Å²) in [6.07, 6.45) is 0. The van der Waals surface area contributed by atoms with Crippen molar-refractivity contribution >= 4 is 28.9 Å². The Balaban J connectivity index is 1.89. The number of nitrogens with zero attached hydrogens (tertiary/aromatic N) is 1. The van der Waals surface area contributed by atoms with E-state index in [1.807, 2.05) is 0 Å². The second-order valence-electron chi connectivity index (χ2n) is 5.21. The zero-order chi connectivity index (χ0) is 18.7. The van der Waals surface area contributed by atoms with Gasteiger partial charge >= 0.3 is 5.97 Å². The lowest BCUT2D eigenvalue weighted by Gasteiger charge is -2.14. The summed E-state index contributed by atoms with van der Waals surface area (Å²) in [7, 11) is 1.45. The molecule has 5 nitrogen and oxygen atoms in total. The molecule has 0 bridgehead atoms. The maximum Gasteiger partial charge on any atom is 0.355 e. The van der Waals surface area contributed by atoms with E-state index in [2.05, 4.69) is 4.98 Å². The van der Waals surface area contributed by atoms with Gasteiger partial charge in [0.1, 0.15) is 17.4 Å². The Morgan fingerprint density at radius 2 is 2.12 bits per heavy atom. The minimum absolute atomic E-state index is 0.0114. The van der Waals surface area contributed by atoms with Gasteiger partial charge in [-0.1, -0.05) is 29.8 Å². The van der Waals surface area contributed by atoms with Crippen LogP contribution in [0.15, 0.2) is 41.8 Å². The number of rotatable bonds is 6. The van der Waals surface area contributed by atoms with Crippen molar-refractivity contribution in [3.05, 3.63) is 63.9 Å². The standard InChI is InChI=1S/C18H13ClFNO4S/c1-24-15-7-11(17-21-14(9-26-17)18(22)23)6-12(19)16(15)25-8-10-4-2-3-5-13(10)20/h2-7,9H,8H2,1H3,(H,22,23). The zero-order valence-electron chi connectivity index (χ0n) is 13.5. The predicted molar refractivity (Wildman–Crippen MR) is 96.8 cm³/mol. The monoisotopic (exact) mass is 393 g/mol. The lowest BCUT2D eigenvalue weighted by atomic mass is 10.2. The summed E-state index contributed by atoms with van der Waals surface area (Å²) in [6, 6.07) is 9.53. The second kappa shape index (κ2) is 7.72. The van der Waals surface area contributed by atoms with E-state index in [-0.39, 0.29) is 28.9 Å². The van der Waals surface area contributed by atoms with Gasteiger partial charge in [0, 0.05) is 16.5 Å². The molecule has 0 unspecified atom stereocenters. The molecule has 1 heterocycles. The van der Waals surface area contributed by atoms with E-state index < -0.39 is 5.97 Å². The topological polar surface area (TPSA) is 68.7 Å². The van der Waals surface area contributed by atoms with Crippen molar-refractivity contribution in [2.75, 3.05) is 7.11 Å². The van der Waals surface area contributed by atoms with Crippen LogP contribution in [0.2, 0.25) is 5.02 Å². The molecule has 0 spiro atoms. The lowest BCUT2D eigenvalue weighted by molar-refractivity contribution is 0.0691. The normalized spacial score (nSPS) is 10.6. The first-order chi connectivity index (χ1) is 12.5. The highest BCUT2D eigenvalue weighted by Crippen LogP contribution is 2.40. The summed E-state index contributed by atoms with van der Waals surface area (Å²) in [6.45, 7) is -0.0114. The van der Waals surface area contributed by atoms with E-state index in [4.69, 9.17) is 26.2 Å². The van der Waals surface area contributed by atoms with Crippen molar-refractivity contribution in [3.63, 3.8) is 0 Å². The molecule has 1 aromatic heterocycles. The van der Waals surface area contributed by atoms with Gasteiger partial charge in [0.15, 0.2) is 17.2 Å². The minimum atomic E-state index is -1.10. The summed E-state index contributed by atoms with van der Waals surface area (Å²) < 4.78 is 24.7. The molecule has 0 atom stereocenters. The molecule has 0 aliphatic heterocycles. The maximum atomic E-state index is 13.7. The highest BCUT2D eigenvalue weighted by molar-refractivity contribution is 7.13. The van der Waals surface area contributed by atoms with Crippen molar-refractivity contribution in [2.45, 2.75) is 6.61 Å². The quantitative estimate of drug-likeness (QED) is 0.645. The molecule has 8 heteroatoms. The Kier molecular flexibility index (Phi) is 5.39. The molecule has 0 radical (unpaired) electrons. The van der Waals surface area contributed by atoms with Crippen molar-refractivity contribution in [1.82, 2.24) is 4.98 Å². The number of thiazole rings is 1. The average Bonchev–Trinajstić information content (AvgIpc) is 3.12. The number of carbonyl (C=O) groups is 1. The van der Waals surface area contributed by atoms with Gasteiger partial charge in [-0.3, -0.25) is 0 Å². The Bertz CT molecular complexity index is 960. The van der Waals surface area contributed by atoms with Crippen LogP contribution in [-0.2, 0) is 6.61 Å². The zero-order valence-corrected chi connectivity index (χ0v) is 15.1. The van der Waals surface area contributed by atoms with E-state index in [1.165, 1.54) is 29.9 Å². The third-order valence-corrected chi connectivity index (χ3v) is 4.70. The summed E-state index contributed by atoms with van der Waals surface area (Å²) >= 11 is 7.48. The van der Waals surface area contributed by atoms with E-state index in [0.29, 0.717) is 21.9 Å². The molecule has 1 N–H and O–H groups in total. The molecular weight excluding hydrogens is 381 g/mol. The molecule has 2 aromatic carbocycles. The van der Waals surface area contributed by atoms with Gasteiger partial charge in [0.05, 0.1) is 12.1 Å². The third kappa shape index (κ3) is 3.79. The van der Waals surface area contributed by atoms with Gasteiger partial charge in [-0.15, -0.1) is 11.3 Å². The maximum absolute atomic E-state index is 13.7. The Hall–Kier alpha value is -2.64. The first-order valence-electron chi connectivity index (χ1n) is 7.42. The van der Waals surface area contributed by atoms with Crippen molar-refractivity contribution in [3.8, 4) is 22.1 Å². The Morgan fingerprint density at radius 1 is 1.35 bits per heavy atom. The summed E-state index contributed by atoms with van der Waals surface area (Å²) in [4.78, 5) is 15.0. The van der Waals surface area contributed by atoms with E-state index >= 15 is 0 Å². The van der Waals surface area contributed by atoms with Crippen LogP contribution in [0.1, 0.15) is 16.1 Å². The molecule has 0 amide bonds. The molecule has 0 saturated heterocycles. The molecular formula is C18H13ClFNO4S. The SMILES string of the molecule is COc1cc(-c2nc(C(=O)O)cs2)cc(Cl)c1OCc1ccccc1F.